The van der Waals surface area contributed by atoms with Crippen molar-refractivity contribution in [3.8, 4) is 0 Å². The molecule has 2 aliphatic rings. The zero-order valence-electron chi connectivity index (χ0n) is 21.4. The average Bonchev–Trinajstić information content (AvgIpc) is 2.98. The Morgan fingerprint density at radius 3 is 2.18 bits per heavy atom. The summed E-state index contributed by atoms with van der Waals surface area (Å²) in [6.07, 6.45) is 1.74. The van der Waals surface area contributed by atoms with Crippen molar-refractivity contribution in [1.29, 1.82) is 0 Å². The SMILES string of the molecule is CNC(=O)c1ccc(NC(=O)N2CCN(c3ccnc(Nc4ccc(N5CCOCC5)cc4)n3)CC2)cc1. The third-order valence-corrected chi connectivity index (χ3v) is 6.66. The van der Waals surface area contributed by atoms with Crippen LogP contribution in [0.2, 0.25) is 0 Å². The van der Waals surface area contributed by atoms with Gasteiger partial charge in [0.25, 0.3) is 5.91 Å². The Kier molecular flexibility index (Phi) is 7.84. The van der Waals surface area contributed by atoms with Crippen molar-refractivity contribution in [2.24, 2.45) is 0 Å². The maximum Gasteiger partial charge on any atom is 0.321 e. The number of carbonyl (C=O) groups is 2. The molecule has 11 heteroatoms. The van der Waals surface area contributed by atoms with Crippen LogP contribution in [0.15, 0.2) is 60.8 Å². The van der Waals surface area contributed by atoms with E-state index in [2.05, 4.69) is 42.9 Å². The van der Waals surface area contributed by atoms with E-state index in [-0.39, 0.29) is 11.9 Å². The minimum atomic E-state index is -0.164. The number of hydrogen-bond donors (Lipinski definition) is 3. The van der Waals surface area contributed by atoms with Gasteiger partial charge in [0.2, 0.25) is 5.95 Å². The first kappa shape index (κ1) is 25.3. The second-order valence-corrected chi connectivity index (χ2v) is 9.07. The molecule has 5 rings (SSSR count). The number of piperazine rings is 1. The predicted octanol–water partition coefficient (Wildman–Crippen LogP) is 2.77. The summed E-state index contributed by atoms with van der Waals surface area (Å²) in [5.74, 6) is 1.18. The van der Waals surface area contributed by atoms with E-state index in [1.165, 1.54) is 5.69 Å². The molecule has 0 aliphatic carbocycles. The van der Waals surface area contributed by atoms with Crippen LogP contribution < -0.4 is 25.8 Å². The molecule has 0 spiro atoms. The van der Waals surface area contributed by atoms with Crippen LogP contribution in [-0.4, -0.2) is 86.3 Å². The minimum Gasteiger partial charge on any atom is -0.378 e. The summed E-state index contributed by atoms with van der Waals surface area (Å²) >= 11 is 0. The molecule has 0 radical (unpaired) electrons. The second kappa shape index (κ2) is 11.8. The van der Waals surface area contributed by atoms with E-state index < -0.39 is 0 Å². The van der Waals surface area contributed by atoms with Gasteiger partial charge in [-0.05, 0) is 54.6 Å². The number of carbonyl (C=O) groups excluding carboxylic acids is 2. The van der Waals surface area contributed by atoms with E-state index in [0.29, 0.717) is 43.4 Å². The fourth-order valence-corrected chi connectivity index (χ4v) is 4.48. The summed E-state index contributed by atoms with van der Waals surface area (Å²) in [6.45, 7) is 5.77. The molecule has 3 aromatic rings. The van der Waals surface area contributed by atoms with Crippen molar-refractivity contribution >= 4 is 40.8 Å². The van der Waals surface area contributed by atoms with Crippen LogP contribution >= 0.6 is 0 Å². The third-order valence-electron chi connectivity index (χ3n) is 6.66. The van der Waals surface area contributed by atoms with Gasteiger partial charge in [-0.2, -0.15) is 4.98 Å². The first-order chi connectivity index (χ1) is 18.6. The summed E-state index contributed by atoms with van der Waals surface area (Å²) in [5.41, 5.74) is 3.29. The highest BCUT2D eigenvalue weighted by Crippen LogP contribution is 2.22. The molecule has 3 amide bonds. The molecule has 2 saturated heterocycles. The van der Waals surface area contributed by atoms with Gasteiger partial charge in [-0.25, -0.2) is 9.78 Å². The maximum absolute atomic E-state index is 12.7. The average molecular weight is 517 g/mol. The van der Waals surface area contributed by atoms with Crippen molar-refractivity contribution in [1.82, 2.24) is 20.2 Å². The monoisotopic (exact) mass is 516 g/mol. The van der Waals surface area contributed by atoms with Crippen molar-refractivity contribution in [2.45, 2.75) is 0 Å². The number of morpholine rings is 1. The number of benzene rings is 2. The van der Waals surface area contributed by atoms with Crippen LogP contribution in [0.4, 0.5) is 33.6 Å². The Balaban J connectivity index is 1.13. The molecule has 3 heterocycles. The number of urea groups is 1. The smallest absolute Gasteiger partial charge is 0.321 e. The second-order valence-electron chi connectivity index (χ2n) is 9.07. The number of ether oxygens (including phenoxy) is 1. The van der Waals surface area contributed by atoms with E-state index in [4.69, 9.17) is 9.72 Å². The fourth-order valence-electron chi connectivity index (χ4n) is 4.48. The molecule has 11 nitrogen and oxygen atoms in total. The van der Waals surface area contributed by atoms with Crippen molar-refractivity contribution in [2.75, 3.05) is 80.0 Å². The van der Waals surface area contributed by atoms with E-state index in [9.17, 15) is 9.59 Å². The molecular weight excluding hydrogens is 484 g/mol. The van der Waals surface area contributed by atoms with E-state index >= 15 is 0 Å². The molecule has 2 fully saturated rings. The van der Waals surface area contributed by atoms with Crippen LogP contribution in [0, 0.1) is 0 Å². The number of aromatic nitrogens is 2. The molecule has 0 bridgehead atoms. The summed E-state index contributed by atoms with van der Waals surface area (Å²) in [6, 6.07) is 16.8. The number of nitrogens with zero attached hydrogens (tertiary/aromatic N) is 5. The zero-order valence-corrected chi connectivity index (χ0v) is 21.4. The van der Waals surface area contributed by atoms with Gasteiger partial charge in [-0.3, -0.25) is 4.79 Å². The number of hydrogen-bond acceptors (Lipinski definition) is 8. The van der Waals surface area contributed by atoms with Crippen molar-refractivity contribution in [3.63, 3.8) is 0 Å². The lowest BCUT2D eigenvalue weighted by Crippen LogP contribution is -2.50. The van der Waals surface area contributed by atoms with Gasteiger partial charge in [-0.1, -0.05) is 0 Å². The molecular formula is C27H32N8O3. The first-order valence-corrected chi connectivity index (χ1v) is 12.7. The number of amides is 3. The third kappa shape index (κ3) is 6.12. The van der Waals surface area contributed by atoms with Gasteiger partial charge in [0.15, 0.2) is 0 Å². The van der Waals surface area contributed by atoms with Gasteiger partial charge >= 0.3 is 6.03 Å². The Hall–Kier alpha value is -4.38. The molecule has 198 valence electrons. The number of nitrogens with one attached hydrogen (secondary N) is 3. The maximum atomic E-state index is 12.7. The molecule has 0 atom stereocenters. The van der Waals surface area contributed by atoms with Crippen LogP contribution in [0.3, 0.4) is 0 Å². The van der Waals surface area contributed by atoms with Crippen LogP contribution in [0.5, 0.6) is 0 Å². The van der Waals surface area contributed by atoms with Crippen LogP contribution in [0.1, 0.15) is 10.4 Å². The van der Waals surface area contributed by atoms with Gasteiger partial charge in [-0.15, -0.1) is 0 Å². The van der Waals surface area contributed by atoms with E-state index in [1.807, 2.05) is 18.2 Å². The largest absolute Gasteiger partial charge is 0.378 e. The highest BCUT2D eigenvalue weighted by Gasteiger charge is 2.22. The Labute approximate surface area is 221 Å². The molecule has 3 N–H and O–H groups in total. The quantitative estimate of drug-likeness (QED) is 0.458. The fraction of sp³-hybridized carbons (Fsp3) is 0.333. The molecule has 0 unspecified atom stereocenters. The minimum absolute atomic E-state index is 0.163. The van der Waals surface area contributed by atoms with E-state index in [0.717, 1.165) is 37.8 Å². The highest BCUT2D eigenvalue weighted by molar-refractivity contribution is 5.95. The molecule has 2 aliphatic heterocycles. The molecule has 1 aromatic heterocycles. The van der Waals surface area contributed by atoms with Crippen LogP contribution in [0.25, 0.3) is 0 Å². The lowest BCUT2D eigenvalue weighted by atomic mass is 10.2. The first-order valence-electron chi connectivity index (χ1n) is 12.7. The molecule has 2 aromatic carbocycles. The van der Waals surface area contributed by atoms with Crippen molar-refractivity contribution in [3.05, 3.63) is 66.4 Å². The number of anilines is 5. The van der Waals surface area contributed by atoms with E-state index in [1.54, 1.807) is 42.4 Å². The summed E-state index contributed by atoms with van der Waals surface area (Å²) in [7, 11) is 1.59. The van der Waals surface area contributed by atoms with Gasteiger partial charge in [0.05, 0.1) is 13.2 Å². The Morgan fingerprint density at radius 1 is 0.816 bits per heavy atom. The number of rotatable bonds is 6. The lowest BCUT2D eigenvalue weighted by molar-refractivity contribution is 0.0963. The predicted molar refractivity (Wildman–Crippen MR) is 147 cm³/mol. The Bertz CT molecular complexity index is 1240. The molecule has 0 saturated carbocycles. The standard InChI is InChI=1S/C27H32N8O3/c1-28-25(36)20-2-4-22(5-3-20)31-27(37)35-14-12-34(13-15-35)24-10-11-29-26(32-24)30-21-6-8-23(9-7-21)33-16-18-38-19-17-33/h2-11H,12-19H2,1H3,(H,28,36)(H,31,37)(H,29,30,32). The summed E-state index contributed by atoms with van der Waals surface area (Å²) in [5, 5.41) is 8.78. The topological polar surface area (TPSA) is 115 Å². The molecule has 38 heavy (non-hydrogen) atoms. The van der Waals surface area contributed by atoms with Gasteiger partial charge in [0.1, 0.15) is 5.82 Å². The summed E-state index contributed by atoms with van der Waals surface area (Å²) < 4.78 is 5.43. The lowest BCUT2D eigenvalue weighted by Gasteiger charge is -2.35. The van der Waals surface area contributed by atoms with Crippen molar-refractivity contribution < 1.29 is 14.3 Å². The summed E-state index contributed by atoms with van der Waals surface area (Å²) in [4.78, 5) is 39.7. The Morgan fingerprint density at radius 2 is 1.50 bits per heavy atom. The highest BCUT2D eigenvalue weighted by atomic mass is 16.5. The zero-order chi connectivity index (χ0) is 26.3. The van der Waals surface area contributed by atoms with Crippen LogP contribution in [-0.2, 0) is 4.74 Å². The van der Waals surface area contributed by atoms with Gasteiger partial charge < -0.3 is 35.4 Å². The van der Waals surface area contributed by atoms with Gasteiger partial charge in [0, 0.05) is 75.1 Å². The normalized spacial score (nSPS) is 15.7.